The van der Waals surface area contributed by atoms with E-state index >= 15 is 0 Å². The highest BCUT2D eigenvalue weighted by molar-refractivity contribution is 5.78. The molecule has 0 aliphatic heterocycles. The molecule has 2 saturated carbocycles. The number of nitrogens with zero attached hydrogens (tertiary/aromatic N) is 1. The second-order valence-corrected chi connectivity index (χ2v) is 7.51. The first-order chi connectivity index (χ1) is 11.7. The number of pyridine rings is 1. The summed E-state index contributed by atoms with van der Waals surface area (Å²) in [7, 11) is 0. The van der Waals surface area contributed by atoms with E-state index in [2.05, 4.69) is 28.6 Å². The normalized spacial score (nSPS) is 20.9. The predicted octanol–water partition coefficient (Wildman–Crippen LogP) is 3.66. The zero-order chi connectivity index (χ0) is 16.8. The van der Waals surface area contributed by atoms with Crippen molar-refractivity contribution in [1.82, 2.24) is 15.6 Å². The first kappa shape index (κ1) is 17.4. The Morgan fingerprint density at radius 3 is 2.54 bits per heavy atom. The molecule has 1 amide bonds. The lowest BCUT2D eigenvalue weighted by Crippen LogP contribution is -2.42. The van der Waals surface area contributed by atoms with Crippen LogP contribution in [0.1, 0.15) is 75.1 Å². The van der Waals surface area contributed by atoms with Gasteiger partial charge in [0.2, 0.25) is 5.91 Å². The highest BCUT2D eigenvalue weighted by atomic mass is 16.2. The zero-order valence-electron chi connectivity index (χ0n) is 14.9. The first-order valence-corrected chi connectivity index (χ1v) is 9.68. The third-order valence-electron chi connectivity index (χ3n) is 5.39. The summed E-state index contributed by atoms with van der Waals surface area (Å²) in [5.41, 5.74) is 2.32. The van der Waals surface area contributed by atoms with Gasteiger partial charge in [-0.3, -0.25) is 15.1 Å². The van der Waals surface area contributed by atoms with E-state index in [1.54, 1.807) is 0 Å². The lowest BCUT2D eigenvalue weighted by Gasteiger charge is -2.23. The van der Waals surface area contributed by atoms with Crippen LogP contribution in [0.25, 0.3) is 0 Å². The van der Waals surface area contributed by atoms with E-state index in [1.807, 2.05) is 12.3 Å². The molecule has 2 aliphatic carbocycles. The van der Waals surface area contributed by atoms with Crippen LogP contribution >= 0.6 is 0 Å². The van der Waals surface area contributed by atoms with Crippen LogP contribution in [0, 0.1) is 12.8 Å². The maximum atomic E-state index is 12.4. The summed E-state index contributed by atoms with van der Waals surface area (Å²) in [6.45, 7) is 2.50. The monoisotopic (exact) mass is 329 g/mol. The molecule has 2 aliphatic rings. The molecule has 0 radical (unpaired) electrons. The number of nitrogens with one attached hydrogen (secondary N) is 2. The number of carbonyl (C=O) groups excluding carboxylic acids is 1. The zero-order valence-corrected chi connectivity index (χ0v) is 14.9. The number of aromatic nitrogens is 1. The molecule has 2 fully saturated rings. The summed E-state index contributed by atoms with van der Waals surface area (Å²) in [4.78, 5) is 16.9. The van der Waals surface area contributed by atoms with Gasteiger partial charge in [-0.1, -0.05) is 38.2 Å². The van der Waals surface area contributed by atoms with Gasteiger partial charge in [-0.2, -0.15) is 0 Å². The van der Waals surface area contributed by atoms with Crippen molar-refractivity contribution in [2.24, 2.45) is 5.92 Å². The van der Waals surface area contributed by atoms with Gasteiger partial charge in [0, 0.05) is 12.2 Å². The molecule has 24 heavy (non-hydrogen) atoms. The van der Waals surface area contributed by atoms with Crippen LogP contribution in [-0.2, 0) is 4.79 Å². The number of rotatable bonds is 6. The quantitative estimate of drug-likeness (QED) is 0.837. The minimum absolute atomic E-state index is 0.139. The molecule has 1 heterocycles. The lowest BCUT2D eigenvalue weighted by atomic mass is 9.97. The number of carbonyl (C=O) groups is 1. The number of hydrogen-bond donors (Lipinski definition) is 2. The second-order valence-electron chi connectivity index (χ2n) is 7.51. The maximum absolute atomic E-state index is 12.4. The van der Waals surface area contributed by atoms with Gasteiger partial charge >= 0.3 is 0 Å². The molecular formula is C20H31N3O. The fourth-order valence-corrected chi connectivity index (χ4v) is 3.82. The molecule has 1 atom stereocenters. The maximum Gasteiger partial charge on any atom is 0.234 e. The molecule has 0 aromatic carbocycles. The fraction of sp³-hybridized carbons (Fsp3) is 0.700. The molecule has 3 rings (SSSR count). The van der Waals surface area contributed by atoms with E-state index < -0.39 is 0 Å². The van der Waals surface area contributed by atoms with Crippen LogP contribution in [0.15, 0.2) is 18.3 Å². The Bertz CT molecular complexity index is 533. The van der Waals surface area contributed by atoms with Crippen LogP contribution < -0.4 is 10.6 Å². The predicted molar refractivity (Wildman–Crippen MR) is 96.7 cm³/mol. The minimum Gasteiger partial charge on any atom is -0.352 e. The summed E-state index contributed by atoms with van der Waals surface area (Å²) in [5, 5.41) is 6.73. The summed E-state index contributed by atoms with van der Waals surface area (Å²) in [6, 6.07) is 4.67. The van der Waals surface area contributed by atoms with Crippen LogP contribution in [0.5, 0.6) is 0 Å². The fourth-order valence-electron chi connectivity index (χ4n) is 3.82. The first-order valence-electron chi connectivity index (χ1n) is 9.68. The largest absolute Gasteiger partial charge is 0.352 e. The number of hydrogen-bond acceptors (Lipinski definition) is 3. The van der Waals surface area contributed by atoms with E-state index in [1.165, 1.54) is 50.5 Å². The van der Waals surface area contributed by atoms with Crippen molar-refractivity contribution in [3.63, 3.8) is 0 Å². The van der Waals surface area contributed by atoms with Crippen molar-refractivity contribution in [2.75, 3.05) is 6.54 Å². The van der Waals surface area contributed by atoms with Gasteiger partial charge in [0.15, 0.2) is 0 Å². The van der Waals surface area contributed by atoms with Crippen molar-refractivity contribution >= 4 is 5.91 Å². The van der Waals surface area contributed by atoms with Gasteiger partial charge in [-0.05, 0) is 50.2 Å². The Balaban J connectivity index is 1.51. The third kappa shape index (κ3) is 5.04. The van der Waals surface area contributed by atoms with Gasteiger partial charge in [0.25, 0.3) is 0 Å². The summed E-state index contributed by atoms with van der Waals surface area (Å²) in [5.74, 6) is 0.771. The number of amides is 1. The van der Waals surface area contributed by atoms with Gasteiger partial charge < -0.3 is 5.32 Å². The van der Waals surface area contributed by atoms with Gasteiger partial charge in [0.1, 0.15) is 0 Å². The van der Waals surface area contributed by atoms with Gasteiger partial charge in [-0.15, -0.1) is 0 Å². The van der Waals surface area contributed by atoms with E-state index in [-0.39, 0.29) is 11.9 Å². The minimum atomic E-state index is 0.139. The number of aryl methyl sites for hydroxylation is 1. The van der Waals surface area contributed by atoms with Crippen LogP contribution in [0.3, 0.4) is 0 Å². The molecule has 2 N–H and O–H groups in total. The van der Waals surface area contributed by atoms with Crippen LogP contribution in [0.4, 0.5) is 0 Å². The standard InChI is InChI=1S/C20H31N3O/c1-15-8-7-13-21-19(15)20(16-11-12-16)22-14-18(24)23-17-9-5-3-2-4-6-10-17/h7-8,13,16-17,20,22H,2-6,9-12,14H2,1H3,(H,23,24). The molecular weight excluding hydrogens is 298 g/mol. The SMILES string of the molecule is Cc1cccnc1C(NCC(=O)NC1CCCCCCC1)C1CC1. The van der Waals surface area contributed by atoms with Crippen molar-refractivity contribution in [3.8, 4) is 0 Å². The highest BCUT2D eigenvalue weighted by Gasteiger charge is 2.34. The van der Waals surface area contributed by atoms with E-state index in [9.17, 15) is 4.79 Å². The summed E-state index contributed by atoms with van der Waals surface area (Å²) < 4.78 is 0. The van der Waals surface area contributed by atoms with Crippen LogP contribution in [0.2, 0.25) is 0 Å². The molecule has 1 unspecified atom stereocenters. The van der Waals surface area contributed by atoms with Crippen molar-refractivity contribution in [2.45, 2.75) is 76.8 Å². The third-order valence-corrected chi connectivity index (χ3v) is 5.39. The summed E-state index contributed by atoms with van der Waals surface area (Å²) in [6.07, 6.45) is 13.1. The average molecular weight is 329 g/mol. The average Bonchev–Trinajstić information content (AvgIpc) is 3.36. The molecule has 132 valence electrons. The molecule has 1 aromatic heterocycles. The topological polar surface area (TPSA) is 54.0 Å². The molecule has 0 bridgehead atoms. The smallest absolute Gasteiger partial charge is 0.234 e. The molecule has 0 spiro atoms. The molecule has 0 saturated heterocycles. The van der Waals surface area contributed by atoms with Crippen molar-refractivity contribution in [3.05, 3.63) is 29.6 Å². The Morgan fingerprint density at radius 1 is 1.17 bits per heavy atom. The van der Waals surface area contributed by atoms with Gasteiger partial charge in [0.05, 0.1) is 18.3 Å². The molecule has 1 aromatic rings. The Morgan fingerprint density at radius 2 is 1.88 bits per heavy atom. The molecule has 4 heteroatoms. The second kappa shape index (κ2) is 8.61. The van der Waals surface area contributed by atoms with Crippen LogP contribution in [-0.4, -0.2) is 23.5 Å². The Hall–Kier alpha value is -1.42. The summed E-state index contributed by atoms with van der Waals surface area (Å²) >= 11 is 0. The van der Waals surface area contributed by atoms with Crippen molar-refractivity contribution in [1.29, 1.82) is 0 Å². The Kier molecular flexibility index (Phi) is 6.24. The highest BCUT2D eigenvalue weighted by Crippen LogP contribution is 2.41. The van der Waals surface area contributed by atoms with Crippen molar-refractivity contribution < 1.29 is 4.79 Å². The van der Waals surface area contributed by atoms with E-state index in [4.69, 9.17) is 0 Å². The molecule has 4 nitrogen and oxygen atoms in total. The Labute approximate surface area is 145 Å². The van der Waals surface area contributed by atoms with E-state index in [0.717, 1.165) is 18.5 Å². The van der Waals surface area contributed by atoms with E-state index in [0.29, 0.717) is 18.5 Å². The lowest BCUT2D eigenvalue weighted by molar-refractivity contribution is -0.121. The van der Waals surface area contributed by atoms with Gasteiger partial charge in [-0.25, -0.2) is 0 Å².